The summed E-state index contributed by atoms with van der Waals surface area (Å²) in [5.41, 5.74) is 3.02. The maximum atomic E-state index is 14.8. The van der Waals surface area contributed by atoms with Gasteiger partial charge in [-0.05, 0) is 12.1 Å². The number of aromatic nitrogens is 3. The van der Waals surface area contributed by atoms with Gasteiger partial charge in [-0.1, -0.05) is 30.0 Å². The molecule has 1 amide bonds. The first kappa shape index (κ1) is 26.1. The van der Waals surface area contributed by atoms with Gasteiger partial charge < -0.3 is 20.9 Å². The molecule has 4 N–H and O–H groups in total. The summed E-state index contributed by atoms with van der Waals surface area (Å²) in [7, 11) is 0. The number of aliphatic hydroxyl groups excluding tert-OH is 1. The second-order valence-corrected chi connectivity index (χ2v) is 7.51. The van der Waals surface area contributed by atoms with Gasteiger partial charge >= 0.3 is 6.18 Å². The second kappa shape index (κ2) is 10.6. The number of carbonyl (C=O) groups is 1. The molecule has 0 saturated carbocycles. The minimum Gasteiger partial charge on any atom is -0.450 e. The number of amides is 1. The number of nitrogens with zero attached hydrogens (tertiary/aromatic N) is 3. The van der Waals surface area contributed by atoms with Gasteiger partial charge in [0.15, 0.2) is 23.1 Å². The maximum Gasteiger partial charge on any atom is 0.434 e. The Balaban J connectivity index is 1.64. The number of rotatable bonds is 5. The van der Waals surface area contributed by atoms with Gasteiger partial charge in [0.2, 0.25) is 0 Å². The molecule has 0 unspecified atom stereocenters. The molecule has 4 rings (SSSR count). The predicted octanol–water partition coefficient (Wildman–Crippen LogP) is 4.53. The third-order valence-electron chi connectivity index (χ3n) is 4.99. The highest BCUT2D eigenvalue weighted by Crippen LogP contribution is 2.35. The summed E-state index contributed by atoms with van der Waals surface area (Å²) >= 11 is 0. The zero-order valence-corrected chi connectivity index (χ0v) is 19.1. The number of benzene rings is 2. The highest BCUT2D eigenvalue weighted by Gasteiger charge is 2.40. The summed E-state index contributed by atoms with van der Waals surface area (Å²) in [5.74, 6) is -0.270. The van der Waals surface area contributed by atoms with Crippen LogP contribution in [0.15, 0.2) is 60.9 Å². The van der Waals surface area contributed by atoms with Crippen LogP contribution in [0.5, 0.6) is 11.5 Å². The molecule has 13 heteroatoms. The Labute approximate surface area is 211 Å². The van der Waals surface area contributed by atoms with Crippen molar-refractivity contribution in [3.8, 4) is 29.0 Å². The van der Waals surface area contributed by atoms with E-state index in [9.17, 15) is 26.7 Å². The zero-order valence-electron chi connectivity index (χ0n) is 19.1. The Morgan fingerprint density at radius 2 is 1.82 bits per heavy atom. The van der Waals surface area contributed by atoms with Gasteiger partial charge in [0.25, 0.3) is 5.91 Å². The molecule has 2 aromatic carbocycles. The predicted molar refractivity (Wildman–Crippen MR) is 126 cm³/mol. The van der Waals surface area contributed by atoms with Crippen LogP contribution in [0, 0.1) is 23.5 Å². The van der Waals surface area contributed by atoms with Crippen LogP contribution in [-0.2, 0) is 6.18 Å². The monoisotopic (exact) mass is 529 g/mol. The van der Waals surface area contributed by atoms with Gasteiger partial charge in [-0.25, -0.2) is 18.4 Å². The van der Waals surface area contributed by atoms with Crippen LogP contribution in [-0.4, -0.2) is 32.4 Å². The number of alkyl halides is 3. The Bertz CT molecular complexity index is 1540. The van der Waals surface area contributed by atoms with Crippen molar-refractivity contribution in [3.63, 3.8) is 0 Å². The maximum absolute atomic E-state index is 14.8. The van der Waals surface area contributed by atoms with Gasteiger partial charge in [-0.2, -0.15) is 18.3 Å². The van der Waals surface area contributed by atoms with Crippen molar-refractivity contribution < 1.29 is 36.6 Å². The standard InChI is InChI=1S/C25H16F5N5O3/c26-18-11-14(12-19(27)21(18)38-20-8-9-32-23(31)16(20)7-4-10-36)34-24(37)17-13-33-35(22(17)25(28,29)30)15-5-2-1-3-6-15/h1-3,5-6,8-9,11-13,36H,10H2,(H2,31,32)(H,34,37). The number of hydrogen-bond donors (Lipinski definition) is 3. The fourth-order valence-corrected chi connectivity index (χ4v) is 3.39. The molecular formula is C25H16F5N5O3. The molecule has 2 aromatic heterocycles. The molecule has 2 heterocycles. The van der Waals surface area contributed by atoms with Crippen LogP contribution in [0.2, 0.25) is 0 Å². The van der Waals surface area contributed by atoms with Crippen molar-refractivity contribution >= 4 is 17.4 Å². The fourth-order valence-electron chi connectivity index (χ4n) is 3.39. The smallest absolute Gasteiger partial charge is 0.434 e. The van der Waals surface area contributed by atoms with E-state index in [0.717, 1.165) is 0 Å². The number of anilines is 2. The largest absolute Gasteiger partial charge is 0.450 e. The van der Waals surface area contributed by atoms with E-state index in [0.29, 0.717) is 23.0 Å². The highest BCUT2D eigenvalue weighted by atomic mass is 19.4. The lowest BCUT2D eigenvalue weighted by atomic mass is 10.2. The van der Waals surface area contributed by atoms with Gasteiger partial charge in [-0.15, -0.1) is 0 Å². The van der Waals surface area contributed by atoms with Crippen molar-refractivity contribution in [2.24, 2.45) is 0 Å². The lowest BCUT2D eigenvalue weighted by molar-refractivity contribution is -0.143. The lowest BCUT2D eigenvalue weighted by Gasteiger charge is -2.14. The molecule has 0 spiro atoms. The topological polar surface area (TPSA) is 115 Å². The Morgan fingerprint density at radius 3 is 2.45 bits per heavy atom. The third kappa shape index (κ3) is 5.40. The first-order valence-electron chi connectivity index (χ1n) is 10.6. The Kier molecular flexibility index (Phi) is 7.26. The number of halogens is 5. The highest BCUT2D eigenvalue weighted by molar-refractivity contribution is 6.05. The quantitative estimate of drug-likeness (QED) is 0.259. The molecule has 0 aliphatic heterocycles. The van der Waals surface area contributed by atoms with Crippen molar-refractivity contribution in [3.05, 3.63) is 89.4 Å². The van der Waals surface area contributed by atoms with Crippen LogP contribution in [0.3, 0.4) is 0 Å². The summed E-state index contributed by atoms with van der Waals surface area (Å²) in [6, 6.07) is 9.87. The van der Waals surface area contributed by atoms with Crippen LogP contribution in [0.25, 0.3) is 5.69 Å². The van der Waals surface area contributed by atoms with Crippen molar-refractivity contribution in [1.29, 1.82) is 0 Å². The number of hydrogen-bond acceptors (Lipinski definition) is 6. The molecule has 0 aliphatic rings. The minimum absolute atomic E-state index is 0.0344. The SMILES string of the molecule is Nc1nccc(Oc2c(F)cc(NC(=O)c3cnn(-c4ccccc4)c3C(F)(F)F)cc2F)c1C#CCO. The van der Waals surface area contributed by atoms with Gasteiger partial charge in [0.05, 0.1) is 17.4 Å². The van der Waals surface area contributed by atoms with E-state index in [-0.39, 0.29) is 22.8 Å². The number of aliphatic hydroxyl groups is 1. The average Bonchev–Trinajstić information content (AvgIpc) is 3.33. The zero-order chi connectivity index (χ0) is 27.4. The summed E-state index contributed by atoms with van der Waals surface area (Å²) in [4.78, 5) is 16.5. The van der Waals surface area contributed by atoms with Crippen molar-refractivity contribution in [2.45, 2.75) is 6.18 Å². The average molecular weight is 529 g/mol. The van der Waals surface area contributed by atoms with E-state index < -0.39 is 53.0 Å². The van der Waals surface area contributed by atoms with Gasteiger partial charge in [0, 0.05) is 30.1 Å². The number of nitrogen functional groups attached to an aromatic ring is 1. The number of nitrogens with two attached hydrogens (primary N) is 1. The van der Waals surface area contributed by atoms with Crippen LogP contribution in [0.1, 0.15) is 21.6 Å². The van der Waals surface area contributed by atoms with Crippen molar-refractivity contribution in [2.75, 3.05) is 17.7 Å². The van der Waals surface area contributed by atoms with Crippen LogP contribution in [0.4, 0.5) is 33.5 Å². The molecule has 0 radical (unpaired) electrons. The molecule has 38 heavy (non-hydrogen) atoms. The Hall–Kier alpha value is -4.96. The molecule has 0 atom stereocenters. The minimum atomic E-state index is -4.98. The number of carbonyl (C=O) groups excluding carboxylic acids is 1. The second-order valence-electron chi connectivity index (χ2n) is 7.51. The molecule has 0 saturated heterocycles. The van der Waals surface area contributed by atoms with Crippen molar-refractivity contribution in [1.82, 2.24) is 14.8 Å². The normalized spacial score (nSPS) is 11.0. The molecule has 194 valence electrons. The summed E-state index contributed by atoms with van der Waals surface area (Å²) in [6.07, 6.45) is -3.07. The van der Waals surface area contributed by atoms with Crippen LogP contribution >= 0.6 is 0 Å². The lowest BCUT2D eigenvalue weighted by Crippen LogP contribution is -2.20. The fraction of sp³-hybridized carbons (Fsp3) is 0.0800. The molecular weight excluding hydrogens is 513 g/mol. The summed E-state index contributed by atoms with van der Waals surface area (Å²) in [5, 5.41) is 14.6. The van der Waals surface area contributed by atoms with Crippen LogP contribution < -0.4 is 15.8 Å². The van der Waals surface area contributed by atoms with E-state index in [1.807, 2.05) is 5.32 Å². The summed E-state index contributed by atoms with van der Waals surface area (Å²) < 4.78 is 76.9. The van der Waals surface area contributed by atoms with E-state index in [1.54, 1.807) is 6.07 Å². The molecule has 8 nitrogen and oxygen atoms in total. The number of ether oxygens (including phenoxy) is 1. The number of pyridine rings is 1. The van der Waals surface area contributed by atoms with Gasteiger partial charge in [-0.3, -0.25) is 4.79 Å². The molecule has 0 bridgehead atoms. The third-order valence-corrected chi connectivity index (χ3v) is 4.99. The van der Waals surface area contributed by atoms with E-state index in [2.05, 4.69) is 21.9 Å². The molecule has 0 fully saturated rings. The molecule has 0 aliphatic carbocycles. The first-order chi connectivity index (χ1) is 18.1. The van der Waals surface area contributed by atoms with E-state index in [4.69, 9.17) is 15.6 Å². The van der Waals surface area contributed by atoms with Gasteiger partial charge in [0.1, 0.15) is 23.7 Å². The van der Waals surface area contributed by atoms with E-state index >= 15 is 0 Å². The van der Waals surface area contributed by atoms with E-state index in [1.165, 1.54) is 36.5 Å². The molecule has 4 aromatic rings. The number of para-hydroxylation sites is 1. The first-order valence-corrected chi connectivity index (χ1v) is 10.6. The Morgan fingerprint density at radius 1 is 1.13 bits per heavy atom. The number of nitrogens with one attached hydrogen (secondary N) is 1. The summed E-state index contributed by atoms with van der Waals surface area (Å²) in [6.45, 7) is -0.523.